The van der Waals surface area contributed by atoms with Gasteiger partial charge in [-0.1, -0.05) is 24.3 Å². The molecule has 6 heteroatoms. The lowest BCUT2D eigenvalue weighted by atomic mass is 10.00. The van der Waals surface area contributed by atoms with Crippen molar-refractivity contribution in [1.82, 2.24) is 9.97 Å². The van der Waals surface area contributed by atoms with E-state index in [1.165, 1.54) is 0 Å². The fourth-order valence-electron chi connectivity index (χ4n) is 4.20. The van der Waals surface area contributed by atoms with Crippen LogP contribution in [0.2, 0.25) is 0 Å². The van der Waals surface area contributed by atoms with Gasteiger partial charge < -0.3 is 14.4 Å². The molecular weight excluding hydrogens is 402 g/mol. The summed E-state index contributed by atoms with van der Waals surface area (Å²) in [5.41, 5.74) is 5.70. The second kappa shape index (κ2) is 8.30. The zero-order valence-corrected chi connectivity index (χ0v) is 18.0. The topological polar surface area (TPSA) is 64.6 Å². The lowest BCUT2D eigenvalue weighted by Gasteiger charge is -2.16. The Hall–Kier alpha value is -3.93. The zero-order valence-electron chi connectivity index (χ0n) is 18.0. The van der Waals surface area contributed by atoms with Gasteiger partial charge in [0.15, 0.2) is 11.5 Å². The molecular formula is C26H23N3O3. The van der Waals surface area contributed by atoms with Gasteiger partial charge in [0.05, 0.1) is 25.4 Å². The van der Waals surface area contributed by atoms with Crippen LogP contribution < -0.4 is 14.4 Å². The Labute approximate surface area is 186 Å². The molecule has 3 aromatic carbocycles. The largest absolute Gasteiger partial charge is 0.493 e. The number of aromatic nitrogens is 2. The number of ether oxygens (including phenoxy) is 2. The number of anilines is 1. The molecule has 160 valence electrons. The van der Waals surface area contributed by atoms with E-state index >= 15 is 0 Å². The summed E-state index contributed by atoms with van der Waals surface area (Å²) in [6.45, 7) is 0.781. The van der Waals surface area contributed by atoms with Crippen molar-refractivity contribution in [3.8, 4) is 33.9 Å². The zero-order chi connectivity index (χ0) is 22.1. The molecule has 32 heavy (non-hydrogen) atoms. The average molecular weight is 425 g/mol. The molecule has 5 rings (SSSR count). The Kier molecular flexibility index (Phi) is 5.19. The molecule has 1 aliphatic rings. The van der Waals surface area contributed by atoms with Crippen molar-refractivity contribution >= 4 is 22.5 Å². The van der Waals surface area contributed by atoms with Crippen LogP contribution in [0.3, 0.4) is 0 Å². The van der Waals surface area contributed by atoms with Crippen LogP contribution >= 0.6 is 0 Å². The SMILES string of the molecule is COc1ccc(-c2ccc3ncnc(-c4ccc(N5CCCC5=O)cc4)c3c2)cc1OC. The second-order valence-electron chi connectivity index (χ2n) is 7.72. The van der Waals surface area contributed by atoms with E-state index in [-0.39, 0.29) is 5.91 Å². The third-order valence-electron chi connectivity index (χ3n) is 5.88. The molecule has 0 atom stereocenters. The third-order valence-corrected chi connectivity index (χ3v) is 5.88. The predicted molar refractivity (Wildman–Crippen MR) is 125 cm³/mol. The number of carbonyl (C=O) groups is 1. The first-order chi connectivity index (χ1) is 15.7. The van der Waals surface area contributed by atoms with Crippen LogP contribution in [0, 0.1) is 0 Å². The van der Waals surface area contributed by atoms with Crippen molar-refractivity contribution in [2.75, 3.05) is 25.7 Å². The standard InChI is InChI=1S/C26H23N3O3/c1-31-23-12-8-19(15-24(23)32-2)18-7-11-22-21(14-18)26(28-16-27-22)17-5-9-20(10-6-17)29-13-3-4-25(29)30/h5-12,14-16H,3-4,13H2,1-2H3. The van der Waals surface area contributed by atoms with Crippen LogP contribution in [-0.4, -0.2) is 36.6 Å². The van der Waals surface area contributed by atoms with Gasteiger partial charge >= 0.3 is 0 Å². The van der Waals surface area contributed by atoms with Crippen LogP contribution in [0.25, 0.3) is 33.3 Å². The second-order valence-corrected chi connectivity index (χ2v) is 7.72. The highest BCUT2D eigenvalue weighted by atomic mass is 16.5. The quantitative estimate of drug-likeness (QED) is 0.445. The maximum Gasteiger partial charge on any atom is 0.227 e. The molecule has 2 heterocycles. The van der Waals surface area contributed by atoms with Crippen molar-refractivity contribution < 1.29 is 14.3 Å². The van der Waals surface area contributed by atoms with Gasteiger partial charge in [0, 0.05) is 29.6 Å². The van der Waals surface area contributed by atoms with Gasteiger partial charge in [-0.15, -0.1) is 0 Å². The van der Waals surface area contributed by atoms with Crippen molar-refractivity contribution in [3.05, 3.63) is 67.0 Å². The van der Waals surface area contributed by atoms with Gasteiger partial charge in [-0.25, -0.2) is 9.97 Å². The van der Waals surface area contributed by atoms with Crippen molar-refractivity contribution in [3.63, 3.8) is 0 Å². The molecule has 0 unspecified atom stereocenters. The highest BCUT2D eigenvalue weighted by Crippen LogP contribution is 2.35. The normalized spacial score (nSPS) is 13.6. The van der Waals surface area contributed by atoms with Crippen LogP contribution in [0.15, 0.2) is 67.0 Å². The van der Waals surface area contributed by atoms with E-state index in [1.807, 2.05) is 59.5 Å². The smallest absolute Gasteiger partial charge is 0.227 e. The van der Waals surface area contributed by atoms with E-state index < -0.39 is 0 Å². The maximum atomic E-state index is 12.1. The van der Waals surface area contributed by atoms with Crippen LogP contribution in [-0.2, 0) is 4.79 Å². The molecule has 6 nitrogen and oxygen atoms in total. The van der Waals surface area contributed by atoms with Gasteiger partial charge in [-0.2, -0.15) is 0 Å². The number of fused-ring (bicyclic) bond motifs is 1. The summed E-state index contributed by atoms with van der Waals surface area (Å²) in [5, 5.41) is 0.963. The molecule has 0 bridgehead atoms. The Morgan fingerprint density at radius 2 is 1.53 bits per heavy atom. The summed E-state index contributed by atoms with van der Waals surface area (Å²) in [6.07, 6.45) is 3.12. The fourth-order valence-corrected chi connectivity index (χ4v) is 4.20. The van der Waals surface area contributed by atoms with Crippen LogP contribution in [0.5, 0.6) is 11.5 Å². The van der Waals surface area contributed by atoms with E-state index in [2.05, 4.69) is 16.0 Å². The number of amides is 1. The Morgan fingerprint density at radius 1 is 0.812 bits per heavy atom. The van der Waals surface area contributed by atoms with Crippen molar-refractivity contribution in [2.45, 2.75) is 12.8 Å². The number of hydrogen-bond donors (Lipinski definition) is 0. The molecule has 1 fully saturated rings. The van der Waals surface area contributed by atoms with E-state index in [9.17, 15) is 4.79 Å². The lowest BCUT2D eigenvalue weighted by Crippen LogP contribution is -2.23. The first-order valence-corrected chi connectivity index (χ1v) is 10.6. The first kappa shape index (κ1) is 20.0. The van der Waals surface area contributed by atoms with Gasteiger partial charge in [0.1, 0.15) is 6.33 Å². The number of carbonyl (C=O) groups excluding carboxylic acids is 1. The molecule has 0 spiro atoms. The molecule has 0 saturated carbocycles. The Balaban J connectivity index is 1.55. The molecule has 4 aromatic rings. The molecule has 1 amide bonds. The third kappa shape index (κ3) is 3.54. The minimum absolute atomic E-state index is 0.185. The average Bonchev–Trinajstić information content (AvgIpc) is 3.28. The van der Waals surface area contributed by atoms with E-state index in [4.69, 9.17) is 9.47 Å². The number of hydrogen-bond acceptors (Lipinski definition) is 5. The summed E-state index contributed by atoms with van der Waals surface area (Å²) < 4.78 is 10.8. The highest BCUT2D eigenvalue weighted by molar-refractivity contribution is 5.97. The minimum atomic E-state index is 0.185. The monoisotopic (exact) mass is 425 g/mol. The molecule has 0 radical (unpaired) electrons. The molecule has 1 saturated heterocycles. The summed E-state index contributed by atoms with van der Waals surface area (Å²) >= 11 is 0. The summed E-state index contributed by atoms with van der Waals surface area (Å²) in [4.78, 5) is 22.9. The summed E-state index contributed by atoms with van der Waals surface area (Å²) in [6, 6.07) is 20.0. The Bertz CT molecular complexity index is 1300. The molecule has 0 N–H and O–H groups in total. The summed E-state index contributed by atoms with van der Waals surface area (Å²) in [7, 11) is 3.26. The first-order valence-electron chi connectivity index (χ1n) is 10.6. The van der Waals surface area contributed by atoms with Crippen molar-refractivity contribution in [2.24, 2.45) is 0 Å². The molecule has 1 aromatic heterocycles. The fraction of sp³-hybridized carbons (Fsp3) is 0.192. The summed E-state index contributed by atoms with van der Waals surface area (Å²) in [5.74, 6) is 1.56. The van der Waals surface area contributed by atoms with Gasteiger partial charge in [-0.3, -0.25) is 4.79 Å². The van der Waals surface area contributed by atoms with E-state index in [0.29, 0.717) is 17.9 Å². The highest BCUT2D eigenvalue weighted by Gasteiger charge is 2.21. The number of nitrogens with zero attached hydrogens (tertiary/aromatic N) is 3. The van der Waals surface area contributed by atoms with Crippen LogP contribution in [0.1, 0.15) is 12.8 Å². The number of benzene rings is 3. The maximum absolute atomic E-state index is 12.1. The van der Waals surface area contributed by atoms with Gasteiger partial charge in [-0.05, 0) is 53.9 Å². The predicted octanol–water partition coefficient (Wildman–Crippen LogP) is 5.11. The lowest BCUT2D eigenvalue weighted by molar-refractivity contribution is -0.117. The van der Waals surface area contributed by atoms with Crippen molar-refractivity contribution in [1.29, 1.82) is 0 Å². The van der Waals surface area contributed by atoms with Gasteiger partial charge in [0.25, 0.3) is 0 Å². The Morgan fingerprint density at radius 3 is 2.25 bits per heavy atom. The minimum Gasteiger partial charge on any atom is -0.493 e. The van der Waals surface area contributed by atoms with Crippen LogP contribution in [0.4, 0.5) is 5.69 Å². The number of methoxy groups -OCH3 is 2. The molecule has 0 aliphatic carbocycles. The molecule has 1 aliphatic heterocycles. The number of rotatable bonds is 5. The van der Waals surface area contributed by atoms with Gasteiger partial charge in [0.2, 0.25) is 5.91 Å². The van der Waals surface area contributed by atoms with E-state index in [1.54, 1.807) is 20.5 Å². The van der Waals surface area contributed by atoms with E-state index in [0.717, 1.165) is 51.9 Å².